The number of amides is 1. The van der Waals surface area contributed by atoms with E-state index < -0.39 is 0 Å². The van der Waals surface area contributed by atoms with Gasteiger partial charge in [0.1, 0.15) is 10.3 Å². The van der Waals surface area contributed by atoms with Gasteiger partial charge in [0.05, 0.1) is 21.9 Å². The van der Waals surface area contributed by atoms with Crippen LogP contribution in [0.4, 0.5) is 5.69 Å². The van der Waals surface area contributed by atoms with Gasteiger partial charge in [0, 0.05) is 10.3 Å². The number of rotatable bonds is 5. The van der Waals surface area contributed by atoms with Crippen LogP contribution in [-0.2, 0) is 0 Å². The first kappa shape index (κ1) is 19.0. The van der Waals surface area contributed by atoms with Crippen molar-refractivity contribution in [3.8, 4) is 5.69 Å². The van der Waals surface area contributed by atoms with E-state index >= 15 is 0 Å². The van der Waals surface area contributed by atoms with Crippen LogP contribution in [0.3, 0.4) is 0 Å². The number of para-hydroxylation sites is 2. The Morgan fingerprint density at radius 1 is 1.10 bits per heavy atom. The second kappa shape index (κ2) is 8.02. The summed E-state index contributed by atoms with van der Waals surface area (Å²) in [6.45, 7) is 1.96. The summed E-state index contributed by atoms with van der Waals surface area (Å²) >= 11 is 4.39. The molecule has 2 aromatic carbocycles. The zero-order chi connectivity index (χ0) is 20.5. The van der Waals surface area contributed by atoms with Crippen molar-refractivity contribution in [2.45, 2.75) is 16.2 Å². The number of aryl methyl sites for hydroxylation is 1. The molecule has 0 spiro atoms. The predicted octanol–water partition coefficient (Wildman–Crippen LogP) is 5.65. The highest BCUT2D eigenvalue weighted by molar-refractivity contribution is 8.01. The number of anilines is 1. The Balaban J connectivity index is 1.45. The maximum absolute atomic E-state index is 13.0. The van der Waals surface area contributed by atoms with Crippen LogP contribution >= 0.6 is 34.4 Å². The summed E-state index contributed by atoms with van der Waals surface area (Å²) in [4.78, 5) is 15.6. The fraction of sp³-hybridized carbons (Fsp3) is 0.0476. The molecule has 0 aliphatic heterocycles. The van der Waals surface area contributed by atoms with Crippen LogP contribution in [-0.4, -0.2) is 25.9 Å². The smallest absolute Gasteiger partial charge is 0.265 e. The van der Waals surface area contributed by atoms with E-state index in [2.05, 4.69) is 20.6 Å². The third kappa shape index (κ3) is 3.62. The van der Waals surface area contributed by atoms with Gasteiger partial charge < -0.3 is 5.32 Å². The number of benzene rings is 2. The van der Waals surface area contributed by atoms with E-state index in [9.17, 15) is 4.79 Å². The quantitative estimate of drug-likeness (QED) is 0.375. The number of aromatic nitrogens is 4. The average Bonchev–Trinajstić information content (AvgIpc) is 3.49. The van der Waals surface area contributed by atoms with Crippen molar-refractivity contribution in [1.29, 1.82) is 0 Å². The van der Waals surface area contributed by atoms with Gasteiger partial charge >= 0.3 is 0 Å². The van der Waals surface area contributed by atoms with E-state index in [-0.39, 0.29) is 5.91 Å². The molecule has 0 fully saturated rings. The van der Waals surface area contributed by atoms with Crippen LogP contribution in [0.2, 0.25) is 0 Å². The van der Waals surface area contributed by atoms with Gasteiger partial charge in [-0.25, -0.2) is 4.68 Å². The first-order valence-corrected chi connectivity index (χ1v) is 11.6. The summed E-state index contributed by atoms with van der Waals surface area (Å²) in [5.74, 6) is -0.138. The van der Waals surface area contributed by atoms with Crippen molar-refractivity contribution >= 4 is 56.2 Å². The highest BCUT2D eigenvalue weighted by Gasteiger charge is 2.18. The molecule has 148 valence electrons. The number of fused-ring (bicyclic) bond motifs is 1. The molecule has 0 radical (unpaired) electrons. The molecule has 0 saturated heterocycles. The summed E-state index contributed by atoms with van der Waals surface area (Å²) < 4.78 is 2.72. The van der Waals surface area contributed by atoms with Crippen molar-refractivity contribution in [3.05, 3.63) is 76.7 Å². The van der Waals surface area contributed by atoms with Gasteiger partial charge in [0.2, 0.25) is 0 Å². The van der Waals surface area contributed by atoms with E-state index in [1.165, 1.54) is 34.4 Å². The van der Waals surface area contributed by atoms with Crippen molar-refractivity contribution < 1.29 is 4.79 Å². The minimum atomic E-state index is -0.138. The maximum Gasteiger partial charge on any atom is 0.265 e. The second-order valence-corrected chi connectivity index (χ2v) is 9.57. The van der Waals surface area contributed by atoms with Crippen molar-refractivity contribution in [2.24, 2.45) is 0 Å². The molecule has 5 rings (SSSR count). The molecule has 0 unspecified atom stereocenters. The summed E-state index contributed by atoms with van der Waals surface area (Å²) in [5.41, 5.74) is 4.32. The van der Waals surface area contributed by atoms with E-state index in [1.807, 2.05) is 72.3 Å². The molecule has 6 nitrogen and oxygen atoms in total. The summed E-state index contributed by atoms with van der Waals surface area (Å²) in [7, 11) is 0. The third-order valence-corrected chi connectivity index (χ3v) is 7.40. The molecule has 0 aliphatic rings. The van der Waals surface area contributed by atoms with Gasteiger partial charge in [-0.3, -0.25) is 4.79 Å². The van der Waals surface area contributed by atoms with Crippen LogP contribution in [0.1, 0.15) is 15.4 Å². The lowest BCUT2D eigenvalue weighted by Crippen LogP contribution is -2.10. The molecule has 5 aromatic rings. The predicted molar refractivity (Wildman–Crippen MR) is 122 cm³/mol. The minimum Gasteiger partial charge on any atom is -0.320 e. The van der Waals surface area contributed by atoms with Crippen molar-refractivity contribution in [1.82, 2.24) is 20.0 Å². The topological polar surface area (TPSA) is 72.7 Å². The van der Waals surface area contributed by atoms with Gasteiger partial charge in [-0.2, -0.15) is 5.10 Å². The minimum absolute atomic E-state index is 0.138. The molecule has 1 amide bonds. The molecule has 0 saturated carbocycles. The van der Waals surface area contributed by atoms with Crippen LogP contribution < -0.4 is 5.32 Å². The van der Waals surface area contributed by atoms with Gasteiger partial charge in [0.15, 0.2) is 4.34 Å². The van der Waals surface area contributed by atoms with Gasteiger partial charge in [-0.15, -0.1) is 21.5 Å². The number of carbonyl (C=O) groups excluding carboxylic acids is 1. The largest absolute Gasteiger partial charge is 0.320 e. The molecule has 30 heavy (non-hydrogen) atoms. The lowest BCUT2D eigenvalue weighted by Gasteiger charge is -2.08. The van der Waals surface area contributed by atoms with E-state index in [4.69, 9.17) is 0 Å². The fourth-order valence-corrected chi connectivity index (χ4v) is 5.65. The molecule has 3 heterocycles. The van der Waals surface area contributed by atoms with Gasteiger partial charge in [-0.05, 0) is 37.3 Å². The zero-order valence-corrected chi connectivity index (χ0v) is 18.2. The number of nitrogens with one attached hydrogen (secondary N) is 1. The van der Waals surface area contributed by atoms with E-state index in [0.717, 1.165) is 36.5 Å². The Morgan fingerprint density at radius 3 is 2.70 bits per heavy atom. The Bertz CT molecular complexity index is 1330. The summed E-state index contributed by atoms with van der Waals surface area (Å²) in [6, 6.07) is 19.6. The number of hydrogen-bond donors (Lipinski definition) is 1. The van der Waals surface area contributed by atoms with Gasteiger partial charge in [-0.1, -0.05) is 53.4 Å². The summed E-state index contributed by atoms with van der Waals surface area (Å²) in [6.07, 6.45) is 0. The van der Waals surface area contributed by atoms with Crippen LogP contribution in [0.15, 0.2) is 75.4 Å². The molecule has 0 bridgehead atoms. The van der Waals surface area contributed by atoms with Crippen LogP contribution in [0.5, 0.6) is 0 Å². The lowest BCUT2D eigenvalue weighted by atomic mass is 10.3. The number of hydrogen-bond acceptors (Lipinski definition) is 7. The lowest BCUT2D eigenvalue weighted by molar-refractivity contribution is 0.103. The Hall–Kier alpha value is -3.01. The first-order valence-electron chi connectivity index (χ1n) is 9.08. The Morgan fingerprint density at radius 2 is 1.90 bits per heavy atom. The maximum atomic E-state index is 13.0. The van der Waals surface area contributed by atoms with E-state index in [0.29, 0.717) is 4.88 Å². The standard InChI is InChI=1S/C21H15N5OS3/c1-13-15-11-18(29-20(15)26(25-13)14-7-3-2-4-8-14)19(27)23-16-9-5-6-10-17(16)30-21-24-22-12-28-21/h2-12H,1H3,(H,23,27). The number of nitrogens with zero attached hydrogens (tertiary/aromatic N) is 4. The normalized spacial score (nSPS) is 11.1. The molecule has 9 heteroatoms. The van der Waals surface area contributed by atoms with E-state index in [1.54, 1.807) is 5.51 Å². The van der Waals surface area contributed by atoms with Crippen molar-refractivity contribution in [2.75, 3.05) is 5.32 Å². The third-order valence-electron chi connectivity index (χ3n) is 4.44. The molecule has 0 atom stereocenters. The van der Waals surface area contributed by atoms with Crippen LogP contribution in [0.25, 0.3) is 15.9 Å². The van der Waals surface area contributed by atoms with Crippen molar-refractivity contribution in [3.63, 3.8) is 0 Å². The first-order chi connectivity index (χ1) is 14.7. The van der Waals surface area contributed by atoms with Gasteiger partial charge in [0.25, 0.3) is 5.91 Å². The molecule has 1 N–H and O–H groups in total. The Labute approximate surface area is 184 Å². The molecular weight excluding hydrogens is 434 g/mol. The van der Waals surface area contributed by atoms with Crippen LogP contribution in [0, 0.1) is 6.92 Å². The number of thiophene rings is 1. The summed E-state index contributed by atoms with van der Waals surface area (Å²) in [5, 5.41) is 16.6. The second-order valence-electron chi connectivity index (χ2n) is 6.42. The number of carbonyl (C=O) groups is 1. The molecule has 0 aliphatic carbocycles. The fourth-order valence-electron chi connectivity index (χ4n) is 3.05. The Kier molecular flexibility index (Phi) is 5.07. The highest BCUT2D eigenvalue weighted by atomic mass is 32.2. The SMILES string of the molecule is Cc1nn(-c2ccccc2)c2sc(C(=O)Nc3ccccc3Sc3nncs3)cc12. The highest BCUT2D eigenvalue weighted by Crippen LogP contribution is 2.35. The molecule has 3 aromatic heterocycles. The zero-order valence-electron chi connectivity index (χ0n) is 15.8. The molecular formula is C21H15N5OS3. The monoisotopic (exact) mass is 449 g/mol. The average molecular weight is 450 g/mol.